The first-order valence-corrected chi connectivity index (χ1v) is 8.36. The van der Waals surface area contributed by atoms with Gasteiger partial charge in [0.1, 0.15) is 0 Å². The van der Waals surface area contributed by atoms with Crippen LogP contribution in [0.2, 0.25) is 0 Å². The molecule has 114 valence electrons. The molecule has 1 heteroatoms. The highest BCUT2D eigenvalue weighted by atomic mass is 14.9. The second-order valence-electron chi connectivity index (χ2n) is 6.25. The lowest BCUT2D eigenvalue weighted by Crippen LogP contribution is -2.32. The number of nitrogens with one attached hydrogen (secondary N) is 1. The summed E-state index contributed by atoms with van der Waals surface area (Å²) in [5, 5.41) is 3.79. The Morgan fingerprint density at radius 1 is 0.696 bits per heavy atom. The van der Waals surface area contributed by atoms with Crippen LogP contribution < -0.4 is 5.32 Å². The van der Waals surface area contributed by atoms with E-state index in [1.807, 2.05) is 0 Å². The molecule has 0 aromatic heterocycles. The average Bonchev–Trinajstić information content (AvgIpc) is 2.64. The maximum Gasteiger partial charge on any atom is 0.0375 e. The van der Waals surface area contributed by atoms with Crippen LogP contribution >= 0.6 is 0 Å². The van der Waals surface area contributed by atoms with Crippen LogP contribution in [-0.2, 0) is 6.42 Å². The van der Waals surface area contributed by atoms with E-state index >= 15 is 0 Å². The van der Waals surface area contributed by atoms with Crippen molar-refractivity contribution in [2.75, 3.05) is 5.32 Å². The number of benzene rings is 3. The molecule has 1 unspecified atom stereocenters. The molecule has 4 rings (SSSR count). The van der Waals surface area contributed by atoms with Crippen LogP contribution in [0, 0.1) is 0 Å². The fourth-order valence-corrected chi connectivity index (χ4v) is 3.69. The molecule has 23 heavy (non-hydrogen) atoms. The summed E-state index contributed by atoms with van der Waals surface area (Å²) in [5.74, 6) is 0.380. The highest BCUT2D eigenvalue weighted by Crippen LogP contribution is 2.35. The van der Waals surface area contributed by atoms with Gasteiger partial charge in [-0.2, -0.15) is 0 Å². The molecule has 0 fully saturated rings. The summed E-state index contributed by atoms with van der Waals surface area (Å²) in [6, 6.07) is 30.9. The van der Waals surface area contributed by atoms with E-state index in [0.29, 0.717) is 12.0 Å². The third-order valence-corrected chi connectivity index (χ3v) is 4.80. The van der Waals surface area contributed by atoms with Gasteiger partial charge >= 0.3 is 0 Å². The fraction of sp³-hybridized carbons (Fsp3) is 0.182. The molecule has 0 aliphatic carbocycles. The first kappa shape index (κ1) is 14.1. The van der Waals surface area contributed by atoms with Crippen LogP contribution in [0.4, 0.5) is 5.69 Å². The summed E-state index contributed by atoms with van der Waals surface area (Å²) in [4.78, 5) is 0. The number of aryl methyl sites for hydroxylation is 1. The summed E-state index contributed by atoms with van der Waals surface area (Å²) in [5.41, 5.74) is 5.50. The van der Waals surface area contributed by atoms with Gasteiger partial charge < -0.3 is 5.32 Å². The second kappa shape index (κ2) is 6.29. The molecule has 1 aliphatic rings. The zero-order valence-electron chi connectivity index (χ0n) is 13.2. The van der Waals surface area contributed by atoms with Crippen molar-refractivity contribution in [1.29, 1.82) is 0 Å². The molecule has 0 bridgehead atoms. The van der Waals surface area contributed by atoms with Gasteiger partial charge in [-0.1, -0.05) is 78.9 Å². The highest BCUT2D eigenvalue weighted by molar-refractivity contribution is 5.55. The number of rotatable bonds is 3. The van der Waals surface area contributed by atoms with E-state index in [1.165, 1.54) is 22.4 Å². The average molecular weight is 299 g/mol. The summed E-state index contributed by atoms with van der Waals surface area (Å²) in [7, 11) is 0. The minimum atomic E-state index is 0.380. The minimum absolute atomic E-state index is 0.380. The highest BCUT2D eigenvalue weighted by Gasteiger charge is 2.27. The monoisotopic (exact) mass is 299 g/mol. The van der Waals surface area contributed by atoms with E-state index in [4.69, 9.17) is 0 Å². The predicted octanol–water partition coefficient (Wildman–Crippen LogP) is 5.25. The summed E-state index contributed by atoms with van der Waals surface area (Å²) < 4.78 is 0. The Balaban J connectivity index is 1.72. The zero-order valence-corrected chi connectivity index (χ0v) is 13.2. The predicted molar refractivity (Wildman–Crippen MR) is 96.9 cm³/mol. The number of anilines is 1. The van der Waals surface area contributed by atoms with E-state index < -0.39 is 0 Å². The van der Waals surface area contributed by atoms with Gasteiger partial charge in [-0.05, 0) is 35.6 Å². The summed E-state index contributed by atoms with van der Waals surface area (Å²) in [6.45, 7) is 0. The van der Waals surface area contributed by atoms with Crippen molar-refractivity contribution in [1.82, 2.24) is 0 Å². The van der Waals surface area contributed by atoms with Crippen molar-refractivity contribution in [2.24, 2.45) is 0 Å². The number of para-hydroxylation sites is 1. The molecular formula is C22H21N. The molecule has 0 saturated carbocycles. The number of fused-ring (bicyclic) bond motifs is 1. The minimum Gasteiger partial charge on any atom is -0.381 e. The first-order chi connectivity index (χ1) is 11.4. The molecular weight excluding hydrogens is 278 g/mol. The van der Waals surface area contributed by atoms with E-state index in [0.717, 1.165) is 12.8 Å². The molecule has 1 atom stereocenters. The Morgan fingerprint density at radius 3 is 1.91 bits per heavy atom. The van der Waals surface area contributed by atoms with Crippen molar-refractivity contribution < 1.29 is 0 Å². The summed E-state index contributed by atoms with van der Waals surface area (Å²) >= 11 is 0. The molecule has 0 spiro atoms. The number of hydrogen-bond donors (Lipinski definition) is 1. The molecule has 3 aromatic carbocycles. The molecule has 1 nitrogen and oxygen atoms in total. The lowest BCUT2D eigenvalue weighted by atomic mass is 9.80. The Morgan fingerprint density at radius 2 is 1.26 bits per heavy atom. The SMILES string of the molecule is c1ccc(C(c2ccccc2)C2CCc3ccccc3N2)cc1. The van der Waals surface area contributed by atoms with Gasteiger partial charge in [-0.25, -0.2) is 0 Å². The van der Waals surface area contributed by atoms with Gasteiger partial charge in [0.15, 0.2) is 0 Å². The van der Waals surface area contributed by atoms with Crippen molar-refractivity contribution in [2.45, 2.75) is 24.8 Å². The van der Waals surface area contributed by atoms with Crippen molar-refractivity contribution in [3.8, 4) is 0 Å². The molecule has 3 aromatic rings. The van der Waals surface area contributed by atoms with Gasteiger partial charge in [-0.15, -0.1) is 0 Å². The Kier molecular flexibility index (Phi) is 3.85. The zero-order chi connectivity index (χ0) is 15.5. The topological polar surface area (TPSA) is 12.0 Å². The normalized spacial score (nSPS) is 16.7. The molecule has 0 saturated heterocycles. The first-order valence-electron chi connectivity index (χ1n) is 8.36. The smallest absolute Gasteiger partial charge is 0.0375 e. The largest absolute Gasteiger partial charge is 0.381 e. The lowest BCUT2D eigenvalue weighted by Gasteiger charge is -2.34. The maximum absolute atomic E-state index is 3.79. The van der Waals surface area contributed by atoms with Gasteiger partial charge in [-0.3, -0.25) is 0 Å². The fourth-order valence-electron chi connectivity index (χ4n) is 3.69. The molecule has 1 aliphatic heterocycles. The molecule has 0 radical (unpaired) electrons. The van der Waals surface area contributed by atoms with Gasteiger partial charge in [0, 0.05) is 17.6 Å². The van der Waals surface area contributed by atoms with Crippen LogP contribution in [0.1, 0.15) is 29.0 Å². The van der Waals surface area contributed by atoms with E-state index in [9.17, 15) is 0 Å². The number of hydrogen-bond acceptors (Lipinski definition) is 1. The van der Waals surface area contributed by atoms with E-state index in [1.54, 1.807) is 0 Å². The van der Waals surface area contributed by atoms with Gasteiger partial charge in [0.2, 0.25) is 0 Å². The third kappa shape index (κ3) is 2.87. The van der Waals surface area contributed by atoms with Gasteiger partial charge in [0.05, 0.1) is 0 Å². The Hall–Kier alpha value is -2.54. The standard InChI is InChI=1S/C22H21N/c1-3-10-18(11-4-1)22(19-12-5-2-6-13-19)21-16-15-17-9-7-8-14-20(17)23-21/h1-14,21-23H,15-16H2. The second-order valence-corrected chi connectivity index (χ2v) is 6.25. The summed E-state index contributed by atoms with van der Waals surface area (Å²) in [6.07, 6.45) is 2.30. The third-order valence-electron chi connectivity index (χ3n) is 4.80. The quantitative estimate of drug-likeness (QED) is 0.697. The van der Waals surface area contributed by atoms with Crippen LogP contribution in [0.15, 0.2) is 84.9 Å². The van der Waals surface area contributed by atoms with E-state index in [-0.39, 0.29) is 0 Å². The van der Waals surface area contributed by atoms with Crippen molar-refractivity contribution >= 4 is 5.69 Å². The van der Waals surface area contributed by atoms with Crippen LogP contribution in [-0.4, -0.2) is 6.04 Å². The molecule has 1 N–H and O–H groups in total. The van der Waals surface area contributed by atoms with Crippen LogP contribution in [0.25, 0.3) is 0 Å². The lowest BCUT2D eigenvalue weighted by molar-refractivity contribution is 0.569. The molecule has 0 amide bonds. The van der Waals surface area contributed by atoms with E-state index in [2.05, 4.69) is 90.2 Å². The Bertz CT molecular complexity index is 725. The van der Waals surface area contributed by atoms with Crippen molar-refractivity contribution in [3.63, 3.8) is 0 Å². The van der Waals surface area contributed by atoms with Crippen molar-refractivity contribution in [3.05, 3.63) is 102 Å². The maximum atomic E-state index is 3.79. The van der Waals surface area contributed by atoms with Gasteiger partial charge in [0.25, 0.3) is 0 Å². The molecule has 1 heterocycles. The van der Waals surface area contributed by atoms with Crippen LogP contribution in [0.3, 0.4) is 0 Å². The van der Waals surface area contributed by atoms with Crippen LogP contribution in [0.5, 0.6) is 0 Å². The Labute approximate surface area is 138 Å².